The zero-order valence-electron chi connectivity index (χ0n) is 14.8. The molecule has 8 nitrogen and oxygen atoms in total. The third-order valence-corrected chi connectivity index (χ3v) is 5.33. The van der Waals surface area contributed by atoms with E-state index in [1.165, 1.54) is 30.3 Å². The first-order chi connectivity index (χ1) is 14.2. The lowest BCUT2D eigenvalue weighted by atomic mass is 10.1. The van der Waals surface area contributed by atoms with Gasteiger partial charge in [-0.25, -0.2) is 14.5 Å². The van der Waals surface area contributed by atoms with Crippen molar-refractivity contribution < 1.29 is 29.0 Å². The largest absolute Gasteiger partial charge is 0.480 e. The van der Waals surface area contributed by atoms with Crippen molar-refractivity contribution in [2.75, 3.05) is 11.5 Å². The number of halogens is 3. The standard InChI is InChI=1S/C19H11BrClIN2O6/c20-14-7-11(22)5-9(16(14)30-8-15(25)26)6-13-17(27)23-19(29)24(18(13)28)12-3-1-10(21)2-4-12/h1-7H,8H2,(H,25,26)(H,23,27,29)/b13-6+. The summed E-state index contributed by atoms with van der Waals surface area (Å²) < 4.78 is 6.49. The fraction of sp³-hybridized carbons (Fsp3) is 0.0526. The van der Waals surface area contributed by atoms with Crippen molar-refractivity contribution in [3.8, 4) is 5.75 Å². The van der Waals surface area contributed by atoms with Gasteiger partial charge in [-0.2, -0.15) is 0 Å². The molecule has 1 saturated heterocycles. The molecule has 2 aromatic carbocycles. The summed E-state index contributed by atoms with van der Waals surface area (Å²) in [6.07, 6.45) is 1.25. The Morgan fingerprint density at radius 3 is 2.53 bits per heavy atom. The Hall–Kier alpha value is -2.44. The highest BCUT2D eigenvalue weighted by Crippen LogP contribution is 2.34. The van der Waals surface area contributed by atoms with Crippen molar-refractivity contribution in [2.45, 2.75) is 0 Å². The van der Waals surface area contributed by atoms with Crippen LogP contribution in [0.1, 0.15) is 5.56 Å². The summed E-state index contributed by atoms with van der Waals surface area (Å²) in [4.78, 5) is 49.3. The van der Waals surface area contributed by atoms with Crippen LogP contribution in [0.15, 0.2) is 46.4 Å². The number of urea groups is 1. The van der Waals surface area contributed by atoms with E-state index < -0.39 is 30.4 Å². The van der Waals surface area contributed by atoms with Gasteiger partial charge in [0, 0.05) is 14.2 Å². The van der Waals surface area contributed by atoms with E-state index in [0.29, 0.717) is 15.1 Å². The van der Waals surface area contributed by atoms with Crippen LogP contribution in [0.3, 0.4) is 0 Å². The van der Waals surface area contributed by atoms with Crippen LogP contribution in [0.5, 0.6) is 5.75 Å². The van der Waals surface area contributed by atoms with Crippen LogP contribution in [0, 0.1) is 3.57 Å². The van der Waals surface area contributed by atoms with E-state index in [1.807, 2.05) is 22.6 Å². The van der Waals surface area contributed by atoms with Crippen molar-refractivity contribution in [2.24, 2.45) is 0 Å². The van der Waals surface area contributed by atoms with Crippen LogP contribution in [0.25, 0.3) is 6.08 Å². The molecule has 1 aliphatic heterocycles. The fourth-order valence-electron chi connectivity index (χ4n) is 2.61. The number of anilines is 1. The van der Waals surface area contributed by atoms with Crippen molar-refractivity contribution in [1.29, 1.82) is 0 Å². The number of carboxylic acid groups (broad SMARTS) is 1. The number of nitrogens with zero attached hydrogens (tertiary/aromatic N) is 1. The molecule has 0 aromatic heterocycles. The van der Waals surface area contributed by atoms with Gasteiger partial charge in [0.2, 0.25) is 0 Å². The monoisotopic (exact) mass is 604 g/mol. The van der Waals surface area contributed by atoms with Gasteiger partial charge in [-0.1, -0.05) is 11.6 Å². The minimum Gasteiger partial charge on any atom is -0.480 e. The number of hydrogen-bond donors (Lipinski definition) is 2. The molecule has 11 heteroatoms. The number of rotatable bonds is 5. The second-order valence-corrected chi connectivity index (χ2v) is 8.46. The first-order valence-corrected chi connectivity index (χ1v) is 10.4. The molecule has 1 fully saturated rings. The first-order valence-electron chi connectivity index (χ1n) is 8.18. The summed E-state index contributed by atoms with van der Waals surface area (Å²) in [5.41, 5.74) is 0.198. The molecule has 0 radical (unpaired) electrons. The van der Waals surface area contributed by atoms with E-state index in [1.54, 1.807) is 12.1 Å². The predicted molar refractivity (Wildman–Crippen MR) is 120 cm³/mol. The number of carbonyl (C=O) groups is 4. The minimum atomic E-state index is -1.19. The summed E-state index contributed by atoms with van der Waals surface area (Å²) >= 11 is 11.2. The number of amides is 4. The van der Waals surface area contributed by atoms with E-state index in [-0.39, 0.29) is 17.0 Å². The molecule has 3 rings (SSSR count). The number of nitrogens with one attached hydrogen (secondary N) is 1. The maximum Gasteiger partial charge on any atom is 0.341 e. The minimum absolute atomic E-state index is 0.140. The van der Waals surface area contributed by atoms with E-state index in [4.69, 9.17) is 21.4 Å². The van der Waals surface area contributed by atoms with Gasteiger partial charge >= 0.3 is 12.0 Å². The molecule has 0 aliphatic carbocycles. The molecule has 4 amide bonds. The van der Waals surface area contributed by atoms with Crippen LogP contribution < -0.4 is 15.0 Å². The van der Waals surface area contributed by atoms with Gasteiger partial charge in [0.1, 0.15) is 11.3 Å². The van der Waals surface area contributed by atoms with E-state index in [9.17, 15) is 19.2 Å². The molecule has 0 saturated carbocycles. The van der Waals surface area contributed by atoms with Gasteiger partial charge in [0.15, 0.2) is 6.61 Å². The van der Waals surface area contributed by atoms with Crippen molar-refractivity contribution in [1.82, 2.24) is 5.32 Å². The maximum absolute atomic E-state index is 13.0. The van der Waals surface area contributed by atoms with Crippen molar-refractivity contribution in [3.05, 3.63) is 60.6 Å². The van der Waals surface area contributed by atoms with Crippen molar-refractivity contribution in [3.63, 3.8) is 0 Å². The zero-order chi connectivity index (χ0) is 22.0. The lowest BCUT2D eigenvalue weighted by Crippen LogP contribution is -2.54. The number of aliphatic carboxylic acids is 1. The summed E-state index contributed by atoms with van der Waals surface area (Å²) in [6.45, 7) is -0.620. The number of carbonyl (C=O) groups excluding carboxylic acids is 3. The van der Waals surface area contributed by atoms with Gasteiger partial charge in [0.25, 0.3) is 11.8 Å². The molecular formula is C19H11BrClIN2O6. The lowest BCUT2D eigenvalue weighted by Gasteiger charge is -2.26. The topological polar surface area (TPSA) is 113 Å². The Morgan fingerprint density at radius 2 is 1.90 bits per heavy atom. The van der Waals surface area contributed by atoms with E-state index >= 15 is 0 Å². The van der Waals surface area contributed by atoms with Gasteiger partial charge in [-0.05, 0) is 81.0 Å². The second kappa shape index (κ2) is 9.14. The molecule has 0 spiro atoms. The molecule has 0 bridgehead atoms. The maximum atomic E-state index is 13.0. The van der Waals surface area contributed by atoms with Crippen LogP contribution in [0.2, 0.25) is 5.02 Å². The Kier molecular flexibility index (Phi) is 6.78. The predicted octanol–water partition coefficient (Wildman–Crippen LogP) is 3.84. The van der Waals surface area contributed by atoms with Gasteiger partial charge in [0.05, 0.1) is 10.2 Å². The third-order valence-electron chi connectivity index (χ3n) is 3.86. The summed E-state index contributed by atoms with van der Waals surface area (Å²) in [6, 6.07) is 8.35. The number of ether oxygens (including phenoxy) is 1. The Balaban J connectivity index is 2.06. The van der Waals surface area contributed by atoms with E-state index in [2.05, 4.69) is 21.2 Å². The average Bonchev–Trinajstić information content (AvgIpc) is 2.65. The Bertz CT molecular complexity index is 1100. The SMILES string of the molecule is O=C(O)COc1c(Br)cc(I)cc1/C=C1\C(=O)NC(=O)N(c2ccc(Cl)cc2)C1=O. The highest BCUT2D eigenvalue weighted by atomic mass is 127. The number of carboxylic acids is 1. The molecule has 1 heterocycles. The summed E-state index contributed by atoms with van der Waals surface area (Å²) in [7, 11) is 0. The summed E-state index contributed by atoms with van der Waals surface area (Å²) in [5.74, 6) is -2.77. The van der Waals surface area contributed by atoms with Gasteiger partial charge in [-0.3, -0.25) is 14.9 Å². The smallest absolute Gasteiger partial charge is 0.341 e. The molecule has 0 unspecified atom stereocenters. The first kappa shape index (κ1) is 22.2. The molecular weight excluding hydrogens is 594 g/mol. The zero-order valence-corrected chi connectivity index (χ0v) is 19.3. The highest BCUT2D eigenvalue weighted by Gasteiger charge is 2.37. The Morgan fingerprint density at radius 1 is 1.23 bits per heavy atom. The van der Waals surface area contributed by atoms with Gasteiger partial charge < -0.3 is 9.84 Å². The molecule has 154 valence electrons. The van der Waals surface area contributed by atoms with Crippen LogP contribution in [-0.4, -0.2) is 35.5 Å². The van der Waals surface area contributed by atoms with Gasteiger partial charge in [-0.15, -0.1) is 0 Å². The quantitative estimate of drug-likeness (QED) is 0.305. The van der Waals surface area contributed by atoms with E-state index in [0.717, 1.165) is 8.47 Å². The molecule has 1 aliphatic rings. The number of benzene rings is 2. The Labute approximate surface area is 197 Å². The van der Waals surface area contributed by atoms with Crippen LogP contribution >= 0.6 is 50.1 Å². The van der Waals surface area contributed by atoms with Crippen LogP contribution in [-0.2, 0) is 14.4 Å². The van der Waals surface area contributed by atoms with Crippen molar-refractivity contribution >= 4 is 85.7 Å². The molecule has 0 atom stereocenters. The number of imide groups is 2. The number of barbiturate groups is 1. The highest BCUT2D eigenvalue weighted by molar-refractivity contribution is 14.1. The molecule has 2 aromatic rings. The molecule has 2 N–H and O–H groups in total. The fourth-order valence-corrected chi connectivity index (χ4v) is 4.40. The molecule has 30 heavy (non-hydrogen) atoms. The lowest BCUT2D eigenvalue weighted by molar-refractivity contribution is -0.139. The second-order valence-electron chi connectivity index (χ2n) is 5.92. The third kappa shape index (κ3) is 4.82. The summed E-state index contributed by atoms with van der Waals surface area (Å²) in [5, 5.41) is 11.4. The van der Waals surface area contributed by atoms with Crippen LogP contribution in [0.4, 0.5) is 10.5 Å². The number of hydrogen-bond acceptors (Lipinski definition) is 5. The normalized spacial score (nSPS) is 15.4. The average molecular weight is 606 g/mol.